The molecule has 0 amide bonds. The number of ether oxygens (including phenoxy) is 6. The van der Waals surface area contributed by atoms with Gasteiger partial charge in [0.25, 0.3) is 0 Å². The van der Waals surface area contributed by atoms with Gasteiger partial charge in [0.1, 0.15) is 18.3 Å². The maximum Gasteiger partial charge on any atom is 0.303 e. The molecule has 7 nitrogen and oxygen atoms in total. The maximum absolute atomic E-state index is 12.4. The lowest BCUT2D eigenvalue weighted by atomic mass is 9.97. The molecule has 0 saturated carbocycles. The molecule has 0 spiro atoms. The van der Waals surface area contributed by atoms with E-state index in [1.807, 2.05) is 121 Å². The first-order chi connectivity index (χ1) is 21.2. The van der Waals surface area contributed by atoms with Crippen molar-refractivity contribution in [2.45, 2.75) is 64.1 Å². The standard InChI is InChI=1S/C36H38O7/c1-27(37)42-35-34(40-24-30-18-10-4-11-19-30)33(39-23-29-16-8-3-9-17-29)32(26-38-22-28-14-6-2-7-15-28)43-36(35)41-25-31-20-12-5-13-21-31/h2-21,32-36H,22-26H2,1H3/t32-,33+,34-,35-,36-/m0/s1. The van der Waals surface area contributed by atoms with Crippen molar-refractivity contribution >= 4 is 5.97 Å². The Morgan fingerprint density at radius 2 is 0.977 bits per heavy atom. The van der Waals surface area contributed by atoms with Crippen LogP contribution in [0.4, 0.5) is 0 Å². The number of carbonyl (C=O) groups is 1. The fourth-order valence-electron chi connectivity index (χ4n) is 5.01. The van der Waals surface area contributed by atoms with Crippen LogP contribution >= 0.6 is 0 Å². The van der Waals surface area contributed by atoms with Gasteiger partial charge >= 0.3 is 5.97 Å². The zero-order valence-corrected chi connectivity index (χ0v) is 24.3. The molecule has 0 aliphatic carbocycles. The third-order valence-electron chi connectivity index (χ3n) is 7.11. The van der Waals surface area contributed by atoms with Crippen LogP contribution in [0.25, 0.3) is 0 Å². The summed E-state index contributed by atoms with van der Waals surface area (Å²) in [5.74, 6) is -0.462. The Labute approximate surface area is 253 Å². The van der Waals surface area contributed by atoms with E-state index in [-0.39, 0.29) is 19.8 Å². The lowest BCUT2D eigenvalue weighted by Gasteiger charge is -2.45. The molecular formula is C36H38O7. The highest BCUT2D eigenvalue weighted by atomic mass is 16.7. The van der Waals surface area contributed by atoms with Crippen LogP contribution in [-0.4, -0.2) is 43.3 Å². The topological polar surface area (TPSA) is 72.5 Å². The van der Waals surface area contributed by atoms with Crippen molar-refractivity contribution in [3.05, 3.63) is 144 Å². The monoisotopic (exact) mass is 582 g/mol. The summed E-state index contributed by atoms with van der Waals surface area (Å²) in [4.78, 5) is 12.4. The summed E-state index contributed by atoms with van der Waals surface area (Å²) in [5, 5.41) is 0. The molecule has 43 heavy (non-hydrogen) atoms. The van der Waals surface area contributed by atoms with Gasteiger partial charge in [-0.05, 0) is 22.3 Å². The first kappa shape index (κ1) is 30.6. The van der Waals surface area contributed by atoms with Gasteiger partial charge in [0.2, 0.25) is 0 Å². The first-order valence-corrected chi connectivity index (χ1v) is 14.6. The van der Waals surface area contributed by atoms with E-state index in [1.54, 1.807) is 0 Å². The molecule has 5 atom stereocenters. The van der Waals surface area contributed by atoms with Crippen LogP contribution < -0.4 is 0 Å². The van der Waals surface area contributed by atoms with Crippen LogP contribution in [-0.2, 0) is 59.6 Å². The number of hydrogen-bond donors (Lipinski definition) is 0. The van der Waals surface area contributed by atoms with Gasteiger partial charge in [0.05, 0.1) is 33.0 Å². The second kappa shape index (κ2) is 16.1. The number of esters is 1. The van der Waals surface area contributed by atoms with Crippen molar-refractivity contribution in [1.82, 2.24) is 0 Å². The fraction of sp³-hybridized carbons (Fsp3) is 0.306. The summed E-state index contributed by atoms with van der Waals surface area (Å²) in [6.07, 6.45) is -3.68. The van der Waals surface area contributed by atoms with E-state index in [2.05, 4.69) is 0 Å². The number of carbonyl (C=O) groups excluding carboxylic acids is 1. The van der Waals surface area contributed by atoms with E-state index in [0.717, 1.165) is 22.3 Å². The predicted octanol–water partition coefficient (Wildman–Crippen LogP) is 6.25. The van der Waals surface area contributed by atoms with Crippen LogP contribution in [0.5, 0.6) is 0 Å². The minimum absolute atomic E-state index is 0.220. The minimum atomic E-state index is -0.910. The van der Waals surface area contributed by atoms with Gasteiger partial charge in [-0.2, -0.15) is 0 Å². The van der Waals surface area contributed by atoms with E-state index < -0.39 is 36.7 Å². The third kappa shape index (κ3) is 9.32. The summed E-state index contributed by atoms with van der Waals surface area (Å²) >= 11 is 0. The van der Waals surface area contributed by atoms with Crippen molar-refractivity contribution in [3.63, 3.8) is 0 Å². The normalized spacial score (nSPS) is 21.7. The molecule has 1 saturated heterocycles. The Kier molecular flexibility index (Phi) is 11.5. The van der Waals surface area contributed by atoms with E-state index in [9.17, 15) is 4.79 Å². The molecule has 224 valence electrons. The highest BCUT2D eigenvalue weighted by molar-refractivity contribution is 5.66. The zero-order chi connectivity index (χ0) is 29.7. The van der Waals surface area contributed by atoms with Crippen LogP contribution in [0.1, 0.15) is 29.2 Å². The summed E-state index contributed by atoms with van der Waals surface area (Å²) < 4.78 is 37.9. The summed E-state index contributed by atoms with van der Waals surface area (Å²) in [7, 11) is 0. The molecule has 4 aromatic carbocycles. The highest BCUT2D eigenvalue weighted by Crippen LogP contribution is 2.31. The Morgan fingerprint density at radius 1 is 0.558 bits per heavy atom. The molecule has 0 N–H and O–H groups in total. The Hall–Kier alpha value is -3.85. The molecule has 1 fully saturated rings. The molecule has 5 rings (SSSR count). The first-order valence-electron chi connectivity index (χ1n) is 14.6. The zero-order valence-electron chi connectivity index (χ0n) is 24.3. The van der Waals surface area contributed by atoms with Crippen molar-refractivity contribution in [2.75, 3.05) is 6.61 Å². The SMILES string of the molecule is CC(=O)O[C@@H]1[C@@H](OCc2ccccc2)O[C@@H](COCc2ccccc2)[C@@H](OCc2ccccc2)[C@@H]1OCc1ccccc1. The van der Waals surface area contributed by atoms with Crippen LogP contribution in [0, 0.1) is 0 Å². The lowest BCUT2D eigenvalue weighted by Crippen LogP contribution is -2.62. The second-order valence-electron chi connectivity index (χ2n) is 10.4. The number of hydrogen-bond acceptors (Lipinski definition) is 7. The molecule has 7 heteroatoms. The minimum Gasteiger partial charge on any atom is -0.454 e. The molecule has 1 heterocycles. The summed E-state index contributed by atoms with van der Waals surface area (Å²) in [6.45, 7) is 2.87. The second-order valence-corrected chi connectivity index (χ2v) is 10.4. The van der Waals surface area contributed by atoms with Crippen molar-refractivity contribution in [1.29, 1.82) is 0 Å². The van der Waals surface area contributed by atoms with Crippen molar-refractivity contribution < 1.29 is 33.2 Å². The third-order valence-corrected chi connectivity index (χ3v) is 7.11. The Balaban J connectivity index is 1.41. The van der Waals surface area contributed by atoms with Gasteiger partial charge in [0, 0.05) is 6.92 Å². The molecule has 1 aliphatic rings. The van der Waals surface area contributed by atoms with Gasteiger partial charge in [-0.1, -0.05) is 121 Å². The van der Waals surface area contributed by atoms with Gasteiger partial charge in [-0.25, -0.2) is 0 Å². The van der Waals surface area contributed by atoms with Gasteiger partial charge in [0.15, 0.2) is 12.4 Å². The van der Waals surface area contributed by atoms with Gasteiger partial charge in [-0.15, -0.1) is 0 Å². The highest BCUT2D eigenvalue weighted by Gasteiger charge is 2.50. The maximum atomic E-state index is 12.4. The van der Waals surface area contributed by atoms with Gasteiger partial charge < -0.3 is 28.4 Å². The predicted molar refractivity (Wildman–Crippen MR) is 162 cm³/mol. The fourth-order valence-corrected chi connectivity index (χ4v) is 5.01. The molecular weight excluding hydrogens is 544 g/mol. The van der Waals surface area contributed by atoms with E-state index >= 15 is 0 Å². The van der Waals surface area contributed by atoms with E-state index in [1.165, 1.54) is 6.92 Å². The van der Waals surface area contributed by atoms with Gasteiger partial charge in [-0.3, -0.25) is 4.79 Å². The van der Waals surface area contributed by atoms with E-state index in [4.69, 9.17) is 28.4 Å². The van der Waals surface area contributed by atoms with E-state index in [0.29, 0.717) is 13.2 Å². The molecule has 0 unspecified atom stereocenters. The Morgan fingerprint density at radius 3 is 1.44 bits per heavy atom. The van der Waals surface area contributed by atoms with Crippen molar-refractivity contribution in [2.24, 2.45) is 0 Å². The number of rotatable bonds is 14. The summed E-state index contributed by atoms with van der Waals surface area (Å²) in [6, 6.07) is 39.5. The summed E-state index contributed by atoms with van der Waals surface area (Å²) in [5.41, 5.74) is 4.00. The molecule has 0 bridgehead atoms. The van der Waals surface area contributed by atoms with Crippen LogP contribution in [0.3, 0.4) is 0 Å². The van der Waals surface area contributed by atoms with Crippen LogP contribution in [0.2, 0.25) is 0 Å². The average Bonchev–Trinajstić information content (AvgIpc) is 3.05. The average molecular weight is 583 g/mol. The molecule has 4 aromatic rings. The smallest absolute Gasteiger partial charge is 0.303 e. The Bertz CT molecular complexity index is 1350. The molecule has 1 aliphatic heterocycles. The molecule has 0 aromatic heterocycles. The molecule has 0 radical (unpaired) electrons. The lowest BCUT2D eigenvalue weighted by molar-refractivity contribution is -0.323. The largest absolute Gasteiger partial charge is 0.454 e. The quantitative estimate of drug-likeness (QED) is 0.163. The number of benzene rings is 4. The van der Waals surface area contributed by atoms with Crippen LogP contribution in [0.15, 0.2) is 121 Å². The van der Waals surface area contributed by atoms with Crippen molar-refractivity contribution in [3.8, 4) is 0 Å².